The molecule has 3 fully saturated rings. The lowest BCUT2D eigenvalue weighted by Gasteiger charge is -2.23. The molecule has 5 heterocycles. The van der Waals surface area contributed by atoms with E-state index in [0.29, 0.717) is 36.9 Å². The number of hydrogen-bond donors (Lipinski definition) is 2. The first-order chi connectivity index (χ1) is 18.2. The number of thiazole rings is 1. The van der Waals surface area contributed by atoms with Gasteiger partial charge in [-0.1, -0.05) is 5.16 Å². The molecule has 3 aromatic rings. The van der Waals surface area contributed by atoms with Crippen molar-refractivity contribution in [1.29, 1.82) is 0 Å². The molecule has 1 aliphatic carbocycles. The van der Waals surface area contributed by atoms with Crippen LogP contribution < -0.4 is 15.5 Å². The number of aromatic nitrogens is 3. The van der Waals surface area contributed by atoms with Crippen molar-refractivity contribution in [2.24, 2.45) is 0 Å². The third-order valence-corrected chi connectivity index (χ3v) is 10.1. The quantitative estimate of drug-likeness (QED) is 0.448. The molecule has 3 aliphatic heterocycles. The van der Waals surface area contributed by atoms with Crippen LogP contribution in [0.5, 0.6) is 0 Å². The smallest absolute Gasteiger partial charge is 0.326 e. The number of hydrogen-bond acceptors (Lipinski definition) is 10. The zero-order valence-corrected chi connectivity index (χ0v) is 21.9. The summed E-state index contributed by atoms with van der Waals surface area (Å²) in [5.74, 6) is -0.246. The topological polar surface area (TPSA) is 143 Å². The van der Waals surface area contributed by atoms with Crippen molar-refractivity contribution in [2.45, 2.75) is 42.9 Å². The number of anilines is 2. The van der Waals surface area contributed by atoms with Crippen LogP contribution in [-0.2, 0) is 21.2 Å². The Bertz CT molecular complexity index is 1520. The lowest BCUT2D eigenvalue weighted by atomic mass is 9.98. The maximum atomic E-state index is 13.3. The van der Waals surface area contributed by atoms with Crippen LogP contribution in [0, 0.1) is 5.82 Å². The molecule has 15 heteroatoms. The standard InChI is InChI=1S/C23H24FN7O5S2/c1-38(33,34)30-11-15-17-16(26-21(37-17)28-20(32)25-14-6-8-35-9-7-14)10-23(15)19(30)31(23)22-27-18(29-36-22)12-2-4-13(24)5-3-12/h2-5,14-15,19H,6-11H2,1H3,(H2,25,26,28,32). The first-order valence-electron chi connectivity index (χ1n) is 12.2. The highest BCUT2D eigenvalue weighted by molar-refractivity contribution is 7.88. The first kappa shape index (κ1) is 23.9. The van der Waals surface area contributed by atoms with Crippen molar-refractivity contribution >= 4 is 38.5 Å². The van der Waals surface area contributed by atoms with E-state index >= 15 is 0 Å². The van der Waals surface area contributed by atoms with Crippen molar-refractivity contribution in [3.63, 3.8) is 0 Å². The molecule has 0 radical (unpaired) electrons. The van der Waals surface area contributed by atoms with Crippen LogP contribution in [-0.4, -0.2) is 77.6 Å². The van der Waals surface area contributed by atoms with Gasteiger partial charge in [0.25, 0.3) is 0 Å². The van der Waals surface area contributed by atoms with Gasteiger partial charge in [-0.05, 0) is 37.1 Å². The number of carbonyl (C=O) groups is 1. The highest BCUT2D eigenvalue weighted by Crippen LogP contribution is 2.66. The van der Waals surface area contributed by atoms with Gasteiger partial charge in [0, 0.05) is 48.6 Å². The Morgan fingerprint density at radius 2 is 1.97 bits per heavy atom. The number of fused-ring (bicyclic) bond motifs is 2. The van der Waals surface area contributed by atoms with Gasteiger partial charge >= 0.3 is 12.0 Å². The second-order valence-electron chi connectivity index (χ2n) is 10.0. The number of nitrogens with zero attached hydrogens (tertiary/aromatic N) is 5. The average molecular weight is 562 g/mol. The Morgan fingerprint density at radius 3 is 2.71 bits per heavy atom. The summed E-state index contributed by atoms with van der Waals surface area (Å²) in [6, 6.07) is 5.69. The van der Waals surface area contributed by atoms with Crippen LogP contribution in [0.1, 0.15) is 29.3 Å². The van der Waals surface area contributed by atoms with Crippen molar-refractivity contribution < 1.29 is 26.9 Å². The van der Waals surface area contributed by atoms with Crippen LogP contribution in [0.4, 0.5) is 20.3 Å². The lowest BCUT2D eigenvalue weighted by molar-refractivity contribution is 0.0806. The molecule has 4 aliphatic rings. The zero-order valence-electron chi connectivity index (χ0n) is 20.3. The molecule has 1 aromatic carbocycles. The number of sulfonamides is 1. The number of benzene rings is 1. The van der Waals surface area contributed by atoms with Crippen LogP contribution in [0.3, 0.4) is 0 Å². The first-order valence-corrected chi connectivity index (χ1v) is 14.9. The fraction of sp³-hybridized carbons (Fsp3) is 0.478. The Balaban J connectivity index is 1.14. The molecule has 3 unspecified atom stereocenters. The molecule has 3 atom stereocenters. The molecular formula is C23H24FN7O5S2. The van der Waals surface area contributed by atoms with Gasteiger partial charge < -0.3 is 14.6 Å². The Labute approximate surface area is 221 Å². The maximum absolute atomic E-state index is 13.3. The van der Waals surface area contributed by atoms with Crippen molar-refractivity contribution in [3.05, 3.63) is 40.7 Å². The molecule has 1 spiro atoms. The molecule has 38 heavy (non-hydrogen) atoms. The summed E-state index contributed by atoms with van der Waals surface area (Å²) in [5.41, 5.74) is 0.844. The van der Waals surface area contributed by atoms with Crippen molar-refractivity contribution in [2.75, 3.05) is 36.2 Å². The normalized spacial score (nSPS) is 26.6. The van der Waals surface area contributed by atoms with E-state index in [1.54, 1.807) is 12.1 Å². The van der Waals surface area contributed by atoms with Gasteiger partial charge in [-0.15, -0.1) is 11.3 Å². The predicted molar refractivity (Wildman–Crippen MR) is 135 cm³/mol. The summed E-state index contributed by atoms with van der Waals surface area (Å²) >= 11 is 1.37. The molecule has 200 valence electrons. The molecule has 2 aromatic heterocycles. The molecule has 2 amide bonds. The Hall–Kier alpha value is -3.14. The van der Waals surface area contributed by atoms with E-state index in [1.807, 2.05) is 4.90 Å². The third kappa shape index (κ3) is 3.71. The minimum absolute atomic E-state index is 0.0620. The van der Waals surface area contributed by atoms with Crippen LogP contribution in [0.15, 0.2) is 28.8 Å². The van der Waals surface area contributed by atoms with Crippen LogP contribution in [0.25, 0.3) is 11.4 Å². The average Bonchev–Trinajstić information content (AvgIpc) is 3.34. The van der Waals surface area contributed by atoms with E-state index in [1.165, 1.54) is 34.0 Å². The SMILES string of the molecule is CS(=O)(=O)N1CC2c3sc(NC(=O)NC4CCOCC4)nc3CC23C1N3c1nc(-c2ccc(F)cc2)no1. The molecule has 2 N–H and O–H groups in total. The van der Waals surface area contributed by atoms with Crippen molar-refractivity contribution in [3.8, 4) is 11.4 Å². The number of carbonyl (C=O) groups excluding carboxylic acids is 1. The molecule has 0 bridgehead atoms. The molecule has 0 saturated carbocycles. The van der Waals surface area contributed by atoms with Gasteiger partial charge in [0.2, 0.25) is 15.8 Å². The Morgan fingerprint density at radius 1 is 1.21 bits per heavy atom. The molecule has 12 nitrogen and oxygen atoms in total. The summed E-state index contributed by atoms with van der Waals surface area (Å²) in [4.78, 5) is 24.5. The van der Waals surface area contributed by atoms with Gasteiger partial charge in [0.05, 0.1) is 17.5 Å². The van der Waals surface area contributed by atoms with Gasteiger partial charge in [0.1, 0.15) is 12.0 Å². The van der Waals surface area contributed by atoms with Gasteiger partial charge in [-0.2, -0.15) is 9.29 Å². The largest absolute Gasteiger partial charge is 0.381 e. The summed E-state index contributed by atoms with van der Waals surface area (Å²) in [7, 11) is -3.53. The molecule has 3 saturated heterocycles. The molecule has 7 rings (SSSR count). The number of urea groups is 1. The fourth-order valence-electron chi connectivity index (χ4n) is 5.98. The van der Waals surface area contributed by atoms with Gasteiger partial charge in [-0.25, -0.2) is 22.6 Å². The van der Waals surface area contributed by atoms with E-state index in [4.69, 9.17) is 9.26 Å². The summed E-state index contributed by atoms with van der Waals surface area (Å²) in [5, 5.41) is 10.3. The van der Waals surface area contributed by atoms with E-state index in [-0.39, 0.29) is 35.6 Å². The second kappa shape index (κ2) is 8.43. The monoisotopic (exact) mass is 561 g/mol. The van der Waals surface area contributed by atoms with Crippen LogP contribution in [0.2, 0.25) is 0 Å². The van der Waals surface area contributed by atoms with E-state index in [2.05, 4.69) is 25.8 Å². The van der Waals surface area contributed by atoms with Crippen molar-refractivity contribution in [1.82, 2.24) is 24.7 Å². The number of amides is 2. The van der Waals surface area contributed by atoms with Crippen LogP contribution >= 0.6 is 11.3 Å². The van der Waals surface area contributed by atoms with E-state index < -0.39 is 21.7 Å². The fourth-order valence-corrected chi connectivity index (χ4v) is 8.20. The number of nitrogens with one attached hydrogen (secondary N) is 2. The highest BCUT2D eigenvalue weighted by atomic mass is 32.2. The second-order valence-corrected chi connectivity index (χ2v) is 13.0. The lowest BCUT2D eigenvalue weighted by Crippen LogP contribution is -2.41. The van der Waals surface area contributed by atoms with Gasteiger partial charge in [0.15, 0.2) is 5.13 Å². The minimum atomic E-state index is -3.53. The summed E-state index contributed by atoms with van der Waals surface area (Å²) < 4.78 is 51.1. The highest BCUT2D eigenvalue weighted by Gasteiger charge is 2.79. The number of rotatable bonds is 5. The van der Waals surface area contributed by atoms with Gasteiger partial charge in [-0.3, -0.25) is 10.2 Å². The Kier molecular flexibility index (Phi) is 5.31. The number of ether oxygens (including phenoxy) is 1. The summed E-state index contributed by atoms with van der Waals surface area (Å²) in [6.45, 7) is 1.56. The molecular weight excluding hydrogens is 537 g/mol. The zero-order chi connectivity index (χ0) is 26.2. The summed E-state index contributed by atoms with van der Waals surface area (Å²) in [6.07, 6.45) is 2.74. The van der Waals surface area contributed by atoms with E-state index in [0.717, 1.165) is 23.4 Å². The third-order valence-electron chi connectivity index (χ3n) is 7.73. The number of halogens is 1. The minimum Gasteiger partial charge on any atom is -0.381 e. The predicted octanol–water partition coefficient (Wildman–Crippen LogP) is 2.13. The van der Waals surface area contributed by atoms with E-state index in [9.17, 15) is 17.6 Å². The maximum Gasteiger partial charge on any atom is 0.326 e.